The maximum Gasteiger partial charge on any atom is 0.133 e. The molecule has 3 nitrogen and oxygen atoms in total. The molecule has 18 heavy (non-hydrogen) atoms. The van der Waals surface area contributed by atoms with Crippen LogP contribution >= 0.6 is 15.9 Å². The van der Waals surface area contributed by atoms with Gasteiger partial charge in [-0.3, -0.25) is 0 Å². The molecule has 2 atom stereocenters. The summed E-state index contributed by atoms with van der Waals surface area (Å²) in [5, 5.41) is 0. The predicted octanol–water partition coefficient (Wildman–Crippen LogP) is 2.93. The first-order valence-corrected chi connectivity index (χ1v) is 7.65. The van der Waals surface area contributed by atoms with Crippen LogP contribution in [0.2, 0.25) is 0 Å². The van der Waals surface area contributed by atoms with Crippen molar-refractivity contribution in [3.8, 4) is 0 Å². The second kappa shape index (κ2) is 5.17. The third-order valence-corrected chi connectivity index (χ3v) is 4.71. The van der Waals surface area contributed by atoms with E-state index in [4.69, 9.17) is 5.73 Å². The Hall–Kier alpha value is -0.610. The Kier molecular flexibility index (Phi) is 3.57. The van der Waals surface area contributed by atoms with Crippen molar-refractivity contribution in [1.82, 2.24) is 4.98 Å². The van der Waals surface area contributed by atoms with Gasteiger partial charge in [0.05, 0.1) is 0 Å². The highest BCUT2D eigenvalue weighted by Crippen LogP contribution is 2.36. The number of aromatic nitrogens is 1. The maximum atomic E-state index is 5.85. The minimum atomic E-state index is 0.563. The number of fused-ring (bicyclic) bond motifs is 2. The summed E-state index contributed by atoms with van der Waals surface area (Å²) in [4.78, 5) is 7.06. The summed E-state index contributed by atoms with van der Waals surface area (Å²) in [6.07, 6.45) is 7.51. The lowest BCUT2D eigenvalue weighted by Gasteiger charge is -2.42. The topological polar surface area (TPSA) is 42.1 Å². The molecule has 1 saturated heterocycles. The molecular weight excluding hydrogens is 290 g/mol. The highest BCUT2D eigenvalue weighted by molar-refractivity contribution is 9.10. The number of anilines is 1. The van der Waals surface area contributed by atoms with Crippen molar-refractivity contribution >= 4 is 21.7 Å². The van der Waals surface area contributed by atoms with Crippen molar-refractivity contribution in [3.05, 3.63) is 22.3 Å². The molecule has 98 valence electrons. The van der Waals surface area contributed by atoms with E-state index in [0.717, 1.165) is 40.8 Å². The van der Waals surface area contributed by atoms with Gasteiger partial charge in [-0.2, -0.15) is 0 Å². The van der Waals surface area contributed by atoms with Crippen LogP contribution in [0.3, 0.4) is 0 Å². The number of hydrogen-bond donors (Lipinski definition) is 1. The van der Waals surface area contributed by atoms with Crippen molar-refractivity contribution in [2.24, 2.45) is 17.6 Å². The molecule has 0 amide bonds. The predicted molar refractivity (Wildman–Crippen MR) is 77.5 cm³/mol. The van der Waals surface area contributed by atoms with Crippen LogP contribution in [-0.4, -0.2) is 18.1 Å². The minimum absolute atomic E-state index is 0.563. The number of rotatable bonds is 2. The Morgan fingerprint density at radius 1 is 1.33 bits per heavy atom. The maximum absolute atomic E-state index is 5.85. The molecule has 0 radical (unpaired) electrons. The molecule has 2 unspecified atom stereocenters. The summed E-state index contributed by atoms with van der Waals surface area (Å²) >= 11 is 3.47. The van der Waals surface area contributed by atoms with Gasteiger partial charge in [0.1, 0.15) is 5.82 Å². The van der Waals surface area contributed by atoms with Crippen LogP contribution in [0.1, 0.15) is 31.2 Å². The van der Waals surface area contributed by atoms with E-state index in [9.17, 15) is 0 Å². The summed E-state index contributed by atoms with van der Waals surface area (Å²) in [6.45, 7) is 2.89. The zero-order valence-electron chi connectivity index (χ0n) is 10.6. The molecule has 2 heterocycles. The van der Waals surface area contributed by atoms with E-state index in [1.54, 1.807) is 0 Å². The fraction of sp³-hybridized carbons (Fsp3) is 0.643. The summed E-state index contributed by atoms with van der Waals surface area (Å²) < 4.78 is 1.02. The van der Waals surface area contributed by atoms with E-state index in [1.807, 2.05) is 6.20 Å². The van der Waals surface area contributed by atoms with Gasteiger partial charge in [-0.05, 0) is 53.1 Å². The Labute approximate surface area is 117 Å². The highest BCUT2D eigenvalue weighted by atomic mass is 79.9. The molecule has 2 bridgehead atoms. The molecule has 3 rings (SSSR count). The van der Waals surface area contributed by atoms with Gasteiger partial charge in [-0.15, -0.1) is 0 Å². The molecule has 2 aliphatic rings. The fourth-order valence-electron chi connectivity index (χ4n) is 3.51. The van der Waals surface area contributed by atoms with E-state index in [2.05, 4.69) is 31.9 Å². The van der Waals surface area contributed by atoms with Crippen LogP contribution < -0.4 is 10.6 Å². The molecule has 1 aliphatic carbocycles. The average molecular weight is 310 g/mol. The SMILES string of the molecule is NCc1cc(Br)cnc1N1CC2CCCC(C2)C1. The van der Waals surface area contributed by atoms with Crippen molar-refractivity contribution in [2.45, 2.75) is 32.2 Å². The number of nitrogens with zero attached hydrogens (tertiary/aromatic N) is 2. The molecule has 1 saturated carbocycles. The van der Waals surface area contributed by atoms with E-state index < -0.39 is 0 Å². The minimum Gasteiger partial charge on any atom is -0.356 e. The summed E-state index contributed by atoms with van der Waals surface area (Å²) in [5.74, 6) is 2.85. The summed E-state index contributed by atoms with van der Waals surface area (Å²) in [7, 11) is 0. The Bertz CT molecular complexity index is 423. The van der Waals surface area contributed by atoms with Crippen LogP contribution in [0.5, 0.6) is 0 Å². The van der Waals surface area contributed by atoms with Crippen LogP contribution in [0.4, 0.5) is 5.82 Å². The third-order valence-electron chi connectivity index (χ3n) is 4.28. The molecule has 1 aromatic heterocycles. The van der Waals surface area contributed by atoms with Crippen LogP contribution in [0, 0.1) is 11.8 Å². The largest absolute Gasteiger partial charge is 0.356 e. The van der Waals surface area contributed by atoms with Gasteiger partial charge in [-0.25, -0.2) is 4.98 Å². The van der Waals surface area contributed by atoms with E-state index in [1.165, 1.54) is 25.7 Å². The molecule has 2 N–H and O–H groups in total. The second-order valence-electron chi connectivity index (χ2n) is 5.64. The zero-order chi connectivity index (χ0) is 12.5. The number of hydrogen-bond acceptors (Lipinski definition) is 3. The molecular formula is C14H20BrN3. The van der Waals surface area contributed by atoms with Crippen molar-refractivity contribution in [1.29, 1.82) is 0 Å². The Balaban J connectivity index is 1.86. The quantitative estimate of drug-likeness (QED) is 0.913. The lowest BCUT2D eigenvalue weighted by molar-refractivity contribution is 0.230. The van der Waals surface area contributed by atoms with Crippen LogP contribution in [-0.2, 0) is 6.54 Å². The van der Waals surface area contributed by atoms with Gasteiger partial charge in [-0.1, -0.05) is 6.42 Å². The number of halogens is 1. The van der Waals surface area contributed by atoms with Gasteiger partial charge in [0.15, 0.2) is 0 Å². The Morgan fingerprint density at radius 2 is 2.06 bits per heavy atom. The van der Waals surface area contributed by atoms with Crippen molar-refractivity contribution < 1.29 is 0 Å². The van der Waals surface area contributed by atoms with Crippen LogP contribution in [0.25, 0.3) is 0 Å². The monoisotopic (exact) mass is 309 g/mol. The van der Waals surface area contributed by atoms with E-state index in [-0.39, 0.29) is 0 Å². The zero-order valence-corrected chi connectivity index (χ0v) is 12.2. The lowest BCUT2D eigenvalue weighted by atomic mass is 9.78. The summed E-state index contributed by atoms with van der Waals surface area (Å²) in [6, 6.07) is 2.10. The second-order valence-corrected chi connectivity index (χ2v) is 6.56. The molecule has 1 aromatic rings. The van der Waals surface area contributed by atoms with Crippen molar-refractivity contribution in [3.63, 3.8) is 0 Å². The molecule has 2 fully saturated rings. The standard InChI is InChI=1S/C14H20BrN3/c15-13-5-12(6-16)14(17-7-13)18-8-10-2-1-3-11(4-10)9-18/h5,7,10-11H,1-4,6,8-9,16H2. The molecule has 0 aromatic carbocycles. The molecule has 1 aliphatic heterocycles. The van der Waals surface area contributed by atoms with Gasteiger partial charge in [0.25, 0.3) is 0 Å². The number of pyridine rings is 1. The fourth-order valence-corrected chi connectivity index (χ4v) is 3.89. The molecule has 0 spiro atoms. The first kappa shape index (κ1) is 12.4. The van der Waals surface area contributed by atoms with E-state index in [0.29, 0.717) is 6.54 Å². The van der Waals surface area contributed by atoms with Crippen molar-refractivity contribution in [2.75, 3.05) is 18.0 Å². The van der Waals surface area contributed by atoms with Gasteiger partial charge < -0.3 is 10.6 Å². The normalized spacial score (nSPS) is 27.3. The van der Waals surface area contributed by atoms with Crippen LogP contribution in [0.15, 0.2) is 16.7 Å². The number of nitrogens with two attached hydrogens (primary N) is 1. The number of piperidine rings is 1. The summed E-state index contributed by atoms with van der Waals surface area (Å²) in [5.41, 5.74) is 7.01. The highest BCUT2D eigenvalue weighted by Gasteiger charge is 2.31. The first-order chi connectivity index (χ1) is 8.76. The van der Waals surface area contributed by atoms with E-state index >= 15 is 0 Å². The van der Waals surface area contributed by atoms with Gasteiger partial charge in [0, 0.05) is 35.9 Å². The smallest absolute Gasteiger partial charge is 0.133 e. The first-order valence-electron chi connectivity index (χ1n) is 6.85. The average Bonchev–Trinajstić information content (AvgIpc) is 2.38. The molecule has 4 heteroatoms. The third kappa shape index (κ3) is 2.41. The van der Waals surface area contributed by atoms with Gasteiger partial charge in [0.2, 0.25) is 0 Å². The van der Waals surface area contributed by atoms with Gasteiger partial charge >= 0.3 is 0 Å². The Morgan fingerprint density at radius 3 is 2.72 bits per heavy atom. The lowest BCUT2D eigenvalue weighted by Crippen LogP contribution is -2.43.